The van der Waals surface area contributed by atoms with Gasteiger partial charge in [0.2, 0.25) is 5.89 Å². The first kappa shape index (κ1) is 24.0. The Labute approximate surface area is 216 Å². The van der Waals surface area contributed by atoms with Gasteiger partial charge in [0.05, 0.1) is 11.6 Å². The summed E-state index contributed by atoms with van der Waals surface area (Å²) in [4.78, 5) is 17.6. The SMILES string of the molecule is Cc1c(-c2ccccc2)ccc(CNC(=O)c2ccccc2)c1-c1nc2cc(C#N)cc(C(C)C)c2o1. The van der Waals surface area contributed by atoms with Gasteiger partial charge >= 0.3 is 0 Å². The average Bonchev–Trinajstić information content (AvgIpc) is 3.35. The van der Waals surface area contributed by atoms with Gasteiger partial charge < -0.3 is 9.73 Å². The normalized spacial score (nSPS) is 11.0. The lowest BCUT2D eigenvalue weighted by Gasteiger charge is -2.15. The smallest absolute Gasteiger partial charge is 0.251 e. The number of nitrogens with zero attached hydrogens (tertiary/aromatic N) is 2. The van der Waals surface area contributed by atoms with E-state index < -0.39 is 0 Å². The van der Waals surface area contributed by atoms with Crippen molar-refractivity contribution in [2.24, 2.45) is 0 Å². The van der Waals surface area contributed by atoms with Crippen molar-refractivity contribution in [2.45, 2.75) is 33.2 Å². The number of nitriles is 1. The molecule has 0 fully saturated rings. The van der Waals surface area contributed by atoms with Gasteiger partial charge in [-0.05, 0) is 59.4 Å². The molecule has 5 aromatic rings. The highest BCUT2D eigenvalue weighted by atomic mass is 16.3. The van der Waals surface area contributed by atoms with Crippen LogP contribution in [0.3, 0.4) is 0 Å². The van der Waals surface area contributed by atoms with Crippen LogP contribution in [-0.4, -0.2) is 10.9 Å². The van der Waals surface area contributed by atoms with Crippen molar-refractivity contribution in [1.29, 1.82) is 5.26 Å². The third-order valence-electron chi connectivity index (χ3n) is 6.60. The van der Waals surface area contributed by atoms with Crippen molar-refractivity contribution in [1.82, 2.24) is 10.3 Å². The molecule has 5 heteroatoms. The van der Waals surface area contributed by atoms with Gasteiger partial charge in [-0.15, -0.1) is 0 Å². The summed E-state index contributed by atoms with van der Waals surface area (Å²) in [6.45, 7) is 6.52. The van der Waals surface area contributed by atoms with Crippen LogP contribution >= 0.6 is 0 Å². The largest absolute Gasteiger partial charge is 0.436 e. The Morgan fingerprint density at radius 2 is 1.70 bits per heavy atom. The molecule has 0 radical (unpaired) electrons. The monoisotopic (exact) mass is 485 g/mol. The van der Waals surface area contributed by atoms with Crippen LogP contribution in [0.1, 0.15) is 52.4 Å². The van der Waals surface area contributed by atoms with Gasteiger partial charge in [-0.2, -0.15) is 5.26 Å². The van der Waals surface area contributed by atoms with E-state index in [0.717, 1.165) is 33.4 Å². The second kappa shape index (κ2) is 10.1. The highest BCUT2D eigenvalue weighted by Gasteiger charge is 2.21. The lowest BCUT2D eigenvalue weighted by molar-refractivity contribution is 0.0951. The maximum Gasteiger partial charge on any atom is 0.251 e. The molecule has 0 saturated carbocycles. The van der Waals surface area contributed by atoms with Gasteiger partial charge in [0.25, 0.3) is 5.91 Å². The van der Waals surface area contributed by atoms with Crippen molar-refractivity contribution in [3.63, 3.8) is 0 Å². The Kier molecular flexibility index (Phi) is 6.57. The molecule has 1 aromatic heterocycles. The summed E-state index contributed by atoms with van der Waals surface area (Å²) >= 11 is 0. The Balaban J connectivity index is 1.64. The second-order valence-corrected chi connectivity index (χ2v) is 9.39. The zero-order valence-electron chi connectivity index (χ0n) is 21.1. The van der Waals surface area contributed by atoms with Gasteiger partial charge in [0.1, 0.15) is 5.52 Å². The third-order valence-corrected chi connectivity index (χ3v) is 6.60. The number of oxazole rings is 1. The van der Waals surface area contributed by atoms with E-state index >= 15 is 0 Å². The number of rotatable bonds is 6. The van der Waals surface area contributed by atoms with Crippen molar-refractivity contribution >= 4 is 17.0 Å². The number of hydrogen-bond acceptors (Lipinski definition) is 4. The molecule has 0 aliphatic rings. The average molecular weight is 486 g/mol. The van der Waals surface area contributed by atoms with Crippen LogP contribution in [0.25, 0.3) is 33.7 Å². The van der Waals surface area contributed by atoms with Crippen molar-refractivity contribution in [2.75, 3.05) is 0 Å². The number of amides is 1. The van der Waals surface area contributed by atoms with Gasteiger partial charge in [-0.25, -0.2) is 4.98 Å². The van der Waals surface area contributed by atoms with E-state index in [1.165, 1.54) is 0 Å². The first-order chi connectivity index (χ1) is 18.0. The molecule has 0 aliphatic heterocycles. The first-order valence-corrected chi connectivity index (χ1v) is 12.3. The van der Waals surface area contributed by atoms with Crippen LogP contribution in [0.2, 0.25) is 0 Å². The van der Waals surface area contributed by atoms with E-state index in [0.29, 0.717) is 34.7 Å². The molecule has 1 N–H and O–H groups in total. The fourth-order valence-electron chi connectivity index (χ4n) is 4.67. The molecule has 1 amide bonds. The summed E-state index contributed by atoms with van der Waals surface area (Å²) < 4.78 is 6.42. The molecule has 5 nitrogen and oxygen atoms in total. The Bertz CT molecular complexity index is 1630. The first-order valence-electron chi connectivity index (χ1n) is 12.3. The zero-order valence-corrected chi connectivity index (χ0v) is 21.1. The number of hydrogen-bond donors (Lipinski definition) is 1. The summed E-state index contributed by atoms with van der Waals surface area (Å²) in [5, 5.41) is 12.6. The van der Waals surface area contributed by atoms with E-state index in [4.69, 9.17) is 9.40 Å². The summed E-state index contributed by atoms with van der Waals surface area (Å²) in [7, 11) is 0. The molecule has 1 heterocycles. The molecule has 0 spiro atoms. The van der Waals surface area contributed by atoms with Crippen LogP contribution in [0.4, 0.5) is 0 Å². The topological polar surface area (TPSA) is 78.9 Å². The molecule has 182 valence electrons. The van der Waals surface area contributed by atoms with E-state index in [-0.39, 0.29) is 11.8 Å². The molecule has 5 rings (SSSR count). The van der Waals surface area contributed by atoms with Gasteiger partial charge in [-0.1, -0.05) is 74.5 Å². The fraction of sp³-hybridized carbons (Fsp3) is 0.156. The zero-order chi connectivity index (χ0) is 25.9. The summed E-state index contributed by atoms with van der Waals surface area (Å²) in [5.41, 5.74) is 8.37. The van der Waals surface area contributed by atoms with Crippen LogP contribution in [0.15, 0.2) is 89.3 Å². The minimum Gasteiger partial charge on any atom is -0.436 e. The van der Waals surface area contributed by atoms with Crippen molar-refractivity contribution in [3.8, 4) is 28.7 Å². The van der Waals surface area contributed by atoms with E-state index in [1.807, 2.05) is 48.5 Å². The predicted molar refractivity (Wildman–Crippen MR) is 146 cm³/mol. The standard InChI is InChI=1S/C32H27N3O2/c1-20(2)27-16-22(18-33)17-28-30(27)37-32(35-28)29-21(3)26(23-10-6-4-7-11-23)15-14-25(29)19-34-31(36)24-12-8-5-9-13-24/h4-17,20H,19H2,1-3H3,(H,34,36). The summed E-state index contributed by atoms with van der Waals surface area (Å²) in [6, 6.07) is 29.3. The molecule has 0 aliphatic carbocycles. The van der Waals surface area contributed by atoms with Crippen LogP contribution < -0.4 is 5.32 Å². The van der Waals surface area contributed by atoms with Gasteiger partial charge in [0.15, 0.2) is 5.58 Å². The number of aromatic nitrogens is 1. The molecule has 4 aromatic carbocycles. The summed E-state index contributed by atoms with van der Waals surface area (Å²) in [6.07, 6.45) is 0. The number of nitrogens with one attached hydrogen (secondary N) is 1. The number of fused-ring (bicyclic) bond motifs is 1. The number of carbonyl (C=O) groups excluding carboxylic acids is 1. The Hall–Kier alpha value is -4.69. The maximum absolute atomic E-state index is 12.8. The fourth-order valence-corrected chi connectivity index (χ4v) is 4.67. The minimum absolute atomic E-state index is 0.144. The highest BCUT2D eigenvalue weighted by molar-refractivity contribution is 5.94. The van der Waals surface area contributed by atoms with Crippen LogP contribution in [-0.2, 0) is 6.54 Å². The van der Waals surface area contributed by atoms with E-state index in [2.05, 4.69) is 50.4 Å². The van der Waals surface area contributed by atoms with E-state index in [1.54, 1.807) is 18.2 Å². The molecular formula is C32H27N3O2. The Morgan fingerprint density at radius 1 is 1.00 bits per heavy atom. The quantitative estimate of drug-likeness (QED) is 0.272. The lowest BCUT2D eigenvalue weighted by atomic mass is 9.92. The third kappa shape index (κ3) is 4.74. The second-order valence-electron chi connectivity index (χ2n) is 9.39. The molecule has 0 saturated heterocycles. The maximum atomic E-state index is 12.8. The number of benzene rings is 4. The highest BCUT2D eigenvalue weighted by Crippen LogP contribution is 2.37. The van der Waals surface area contributed by atoms with Gasteiger partial charge in [0, 0.05) is 23.2 Å². The Morgan fingerprint density at radius 3 is 2.38 bits per heavy atom. The molecule has 0 atom stereocenters. The van der Waals surface area contributed by atoms with Crippen molar-refractivity contribution in [3.05, 3.63) is 113 Å². The lowest BCUT2D eigenvalue weighted by Crippen LogP contribution is -2.23. The molecule has 37 heavy (non-hydrogen) atoms. The van der Waals surface area contributed by atoms with Gasteiger partial charge in [-0.3, -0.25) is 4.79 Å². The van der Waals surface area contributed by atoms with E-state index in [9.17, 15) is 10.1 Å². The molecule has 0 bridgehead atoms. The van der Waals surface area contributed by atoms with Crippen LogP contribution in [0.5, 0.6) is 0 Å². The molecular weight excluding hydrogens is 458 g/mol. The van der Waals surface area contributed by atoms with Crippen molar-refractivity contribution < 1.29 is 9.21 Å². The van der Waals surface area contributed by atoms with Crippen LogP contribution in [0, 0.1) is 18.3 Å². The number of carbonyl (C=O) groups is 1. The minimum atomic E-state index is -0.144. The summed E-state index contributed by atoms with van der Waals surface area (Å²) in [5.74, 6) is 0.499. The predicted octanol–water partition coefficient (Wildman–Crippen LogP) is 7.40. The molecule has 0 unspecified atom stereocenters.